The van der Waals surface area contributed by atoms with Gasteiger partial charge in [0.25, 0.3) is 11.8 Å². The minimum atomic E-state index is -0.629. The number of carbonyl (C=O) groups is 3. The van der Waals surface area contributed by atoms with Crippen molar-refractivity contribution in [3.05, 3.63) is 59.2 Å². The quantitative estimate of drug-likeness (QED) is 0.615. The number of fused-ring (bicyclic) bond motifs is 1. The Morgan fingerprint density at radius 1 is 0.967 bits per heavy atom. The Morgan fingerprint density at radius 3 is 2.17 bits per heavy atom. The van der Waals surface area contributed by atoms with Crippen LogP contribution in [0.5, 0.6) is 11.5 Å². The number of aryl methyl sites for hydroxylation is 1. The largest absolute Gasteiger partial charge is 0.497 e. The molecule has 0 fully saturated rings. The fraction of sp³-hybridized carbons (Fsp3) is 0.348. The van der Waals surface area contributed by atoms with Crippen LogP contribution >= 0.6 is 0 Å². The van der Waals surface area contributed by atoms with Gasteiger partial charge in [-0.2, -0.15) is 0 Å². The zero-order valence-corrected chi connectivity index (χ0v) is 17.6. The minimum absolute atomic E-state index is 0.0544. The van der Waals surface area contributed by atoms with Crippen LogP contribution in [0.3, 0.4) is 0 Å². The summed E-state index contributed by atoms with van der Waals surface area (Å²) >= 11 is 0. The highest BCUT2D eigenvalue weighted by Crippen LogP contribution is 2.32. The van der Waals surface area contributed by atoms with E-state index in [1.165, 1.54) is 12.1 Å². The van der Waals surface area contributed by atoms with E-state index in [4.69, 9.17) is 14.3 Å². The maximum atomic E-state index is 12.5. The van der Waals surface area contributed by atoms with Crippen molar-refractivity contribution in [2.45, 2.75) is 33.1 Å². The summed E-state index contributed by atoms with van der Waals surface area (Å²) < 4.78 is 10.6. The monoisotopic (exact) mass is 411 g/mol. The lowest BCUT2D eigenvalue weighted by atomic mass is 9.83. The fourth-order valence-corrected chi connectivity index (χ4v) is 3.39. The lowest BCUT2D eigenvalue weighted by Gasteiger charge is -2.24. The van der Waals surface area contributed by atoms with E-state index < -0.39 is 23.2 Å². The number of benzene rings is 2. The van der Waals surface area contributed by atoms with Gasteiger partial charge in [0.2, 0.25) is 0 Å². The molecule has 2 amide bonds. The molecule has 2 aromatic rings. The average molecular weight is 411 g/mol. The van der Waals surface area contributed by atoms with Gasteiger partial charge in [0, 0.05) is 6.07 Å². The van der Waals surface area contributed by atoms with Crippen molar-refractivity contribution in [2.75, 3.05) is 14.2 Å². The third-order valence-corrected chi connectivity index (χ3v) is 5.14. The third-order valence-electron chi connectivity index (χ3n) is 5.14. The molecule has 1 aliphatic rings. The molecule has 2 aromatic carbocycles. The molecule has 0 bridgehead atoms. The van der Waals surface area contributed by atoms with E-state index in [-0.39, 0.29) is 17.5 Å². The zero-order chi connectivity index (χ0) is 21.9. The second-order valence-electron chi connectivity index (χ2n) is 7.93. The van der Waals surface area contributed by atoms with Crippen molar-refractivity contribution >= 4 is 17.8 Å². The Bertz CT molecular complexity index is 946. The van der Waals surface area contributed by atoms with Crippen LogP contribution in [0.25, 0.3) is 0 Å². The number of imide groups is 1. The molecule has 0 unspecified atom stereocenters. The predicted octanol–water partition coefficient (Wildman–Crippen LogP) is 3.81. The second kappa shape index (κ2) is 8.57. The van der Waals surface area contributed by atoms with Gasteiger partial charge in [0.15, 0.2) is 0 Å². The standard InChI is InChI=1S/C23H25NO6/c1-23(2,12-11-15-9-10-16(28-3)13-19(15)29-4)14-20(25)30-24-21(26)17-7-5-6-8-18(17)22(24)27/h5-10,13H,11-12,14H2,1-4H3. The van der Waals surface area contributed by atoms with Crippen molar-refractivity contribution in [2.24, 2.45) is 5.41 Å². The van der Waals surface area contributed by atoms with Crippen molar-refractivity contribution in [3.8, 4) is 11.5 Å². The molecule has 0 saturated carbocycles. The lowest BCUT2D eigenvalue weighted by Crippen LogP contribution is -2.34. The van der Waals surface area contributed by atoms with Crippen LogP contribution in [-0.2, 0) is 16.1 Å². The number of methoxy groups -OCH3 is 2. The number of nitrogens with zero attached hydrogens (tertiary/aromatic N) is 1. The number of carbonyl (C=O) groups excluding carboxylic acids is 3. The van der Waals surface area contributed by atoms with Crippen LogP contribution in [0, 0.1) is 5.41 Å². The number of hydroxylamine groups is 2. The molecular formula is C23H25NO6. The van der Waals surface area contributed by atoms with Crippen molar-refractivity contribution in [1.29, 1.82) is 0 Å². The van der Waals surface area contributed by atoms with E-state index in [1.54, 1.807) is 26.4 Å². The highest BCUT2D eigenvalue weighted by atomic mass is 16.7. The smallest absolute Gasteiger partial charge is 0.333 e. The summed E-state index contributed by atoms with van der Waals surface area (Å²) in [5, 5.41) is 0.551. The number of hydrogen-bond donors (Lipinski definition) is 0. The van der Waals surface area contributed by atoms with E-state index in [2.05, 4.69) is 0 Å². The molecule has 0 N–H and O–H groups in total. The van der Waals surface area contributed by atoms with Crippen molar-refractivity contribution in [1.82, 2.24) is 5.06 Å². The number of ether oxygens (including phenoxy) is 2. The first-order valence-electron chi connectivity index (χ1n) is 9.65. The van der Waals surface area contributed by atoms with Gasteiger partial charge in [-0.1, -0.05) is 37.1 Å². The first-order chi connectivity index (χ1) is 14.3. The zero-order valence-electron chi connectivity index (χ0n) is 17.6. The van der Waals surface area contributed by atoms with E-state index in [1.807, 2.05) is 32.0 Å². The number of rotatable bonds is 8. The van der Waals surface area contributed by atoms with Crippen LogP contribution < -0.4 is 9.47 Å². The summed E-state index contributed by atoms with van der Waals surface area (Å²) in [5.74, 6) is -0.441. The van der Waals surface area contributed by atoms with Crippen molar-refractivity contribution < 1.29 is 28.7 Å². The summed E-state index contributed by atoms with van der Waals surface area (Å²) in [6, 6.07) is 12.0. The first-order valence-corrected chi connectivity index (χ1v) is 9.65. The Kier molecular flexibility index (Phi) is 6.10. The minimum Gasteiger partial charge on any atom is -0.497 e. The van der Waals surface area contributed by atoms with Crippen LogP contribution in [0.15, 0.2) is 42.5 Å². The van der Waals surface area contributed by atoms with Gasteiger partial charge in [-0.25, -0.2) is 4.79 Å². The van der Waals surface area contributed by atoms with E-state index in [0.717, 1.165) is 11.3 Å². The van der Waals surface area contributed by atoms with Crippen LogP contribution in [0.1, 0.15) is 53.0 Å². The molecule has 7 heteroatoms. The van der Waals surface area contributed by atoms with Gasteiger partial charge in [0.1, 0.15) is 11.5 Å². The molecule has 0 atom stereocenters. The van der Waals surface area contributed by atoms with Crippen LogP contribution in [0.4, 0.5) is 0 Å². The number of amides is 2. The highest BCUT2D eigenvalue weighted by molar-refractivity contribution is 6.20. The van der Waals surface area contributed by atoms with Crippen LogP contribution in [0.2, 0.25) is 0 Å². The Labute approximate surface area is 175 Å². The SMILES string of the molecule is COc1ccc(CCC(C)(C)CC(=O)ON2C(=O)c3ccccc3C2=O)c(OC)c1. The Hall–Kier alpha value is -3.35. The van der Waals surface area contributed by atoms with Gasteiger partial charge >= 0.3 is 5.97 Å². The molecule has 0 spiro atoms. The van der Waals surface area contributed by atoms with Gasteiger partial charge in [-0.15, -0.1) is 0 Å². The molecule has 7 nitrogen and oxygen atoms in total. The summed E-state index contributed by atoms with van der Waals surface area (Å²) in [4.78, 5) is 42.3. The summed E-state index contributed by atoms with van der Waals surface area (Å²) in [5.41, 5.74) is 1.06. The molecular weight excluding hydrogens is 386 g/mol. The Balaban J connectivity index is 1.60. The Morgan fingerprint density at radius 2 is 1.60 bits per heavy atom. The van der Waals surface area contributed by atoms with E-state index in [0.29, 0.717) is 23.7 Å². The van der Waals surface area contributed by atoms with Gasteiger partial charge in [-0.3, -0.25) is 9.59 Å². The third kappa shape index (κ3) is 4.45. The summed E-state index contributed by atoms with van der Waals surface area (Å²) in [6.45, 7) is 3.87. The molecule has 0 radical (unpaired) electrons. The van der Waals surface area contributed by atoms with Gasteiger partial charge < -0.3 is 14.3 Å². The lowest BCUT2D eigenvalue weighted by molar-refractivity contribution is -0.171. The highest BCUT2D eigenvalue weighted by Gasteiger charge is 2.39. The average Bonchev–Trinajstić information content (AvgIpc) is 2.97. The predicted molar refractivity (Wildman–Crippen MR) is 109 cm³/mol. The van der Waals surface area contributed by atoms with Crippen LogP contribution in [-0.4, -0.2) is 37.1 Å². The normalized spacial score (nSPS) is 13.3. The van der Waals surface area contributed by atoms with Gasteiger partial charge in [0.05, 0.1) is 31.8 Å². The molecule has 1 aliphatic heterocycles. The second-order valence-corrected chi connectivity index (χ2v) is 7.93. The summed E-state index contributed by atoms with van der Waals surface area (Å²) in [6.07, 6.45) is 1.41. The molecule has 30 heavy (non-hydrogen) atoms. The summed E-state index contributed by atoms with van der Waals surface area (Å²) in [7, 11) is 3.19. The molecule has 158 valence electrons. The maximum Gasteiger partial charge on any atom is 0.333 e. The molecule has 0 saturated heterocycles. The molecule has 0 aliphatic carbocycles. The molecule has 0 aromatic heterocycles. The van der Waals surface area contributed by atoms with Gasteiger partial charge in [-0.05, 0) is 42.0 Å². The molecule has 3 rings (SSSR count). The maximum absolute atomic E-state index is 12.5. The number of hydrogen-bond acceptors (Lipinski definition) is 6. The van der Waals surface area contributed by atoms with E-state index >= 15 is 0 Å². The van der Waals surface area contributed by atoms with Crippen molar-refractivity contribution in [3.63, 3.8) is 0 Å². The van der Waals surface area contributed by atoms with E-state index in [9.17, 15) is 14.4 Å². The molecule has 1 heterocycles. The first kappa shape index (κ1) is 21.4. The topological polar surface area (TPSA) is 82.1 Å². The fourth-order valence-electron chi connectivity index (χ4n) is 3.39.